The highest BCUT2D eigenvalue weighted by atomic mass is 16.1. The molecule has 3 N–H and O–H groups in total. The molecule has 2 fully saturated rings. The van der Waals surface area contributed by atoms with Crippen molar-refractivity contribution in [3.05, 3.63) is 10.4 Å². The molecule has 0 unspecified atom stereocenters. The van der Waals surface area contributed by atoms with E-state index in [1.54, 1.807) is 0 Å². The molecule has 6 nitrogen and oxygen atoms in total. The standard InChI is InChI=1S/C14H25N5O/c15-12(20)14(17-10-3-11-18-19-16)8-6-13(7-9-14)4-1-2-5-13/h17H,1-11H2,(H2,15,20). The zero-order valence-electron chi connectivity index (χ0n) is 12.1. The molecule has 2 aliphatic rings. The van der Waals surface area contributed by atoms with Gasteiger partial charge in [-0.3, -0.25) is 4.79 Å². The van der Waals surface area contributed by atoms with Crippen molar-refractivity contribution < 1.29 is 4.79 Å². The van der Waals surface area contributed by atoms with Crippen LogP contribution in [0.1, 0.15) is 57.8 Å². The lowest BCUT2D eigenvalue weighted by Crippen LogP contribution is -2.58. The summed E-state index contributed by atoms with van der Waals surface area (Å²) in [7, 11) is 0. The van der Waals surface area contributed by atoms with Crippen LogP contribution in [0.4, 0.5) is 0 Å². The number of azide groups is 1. The first kappa shape index (κ1) is 15.1. The van der Waals surface area contributed by atoms with Crippen LogP contribution < -0.4 is 11.1 Å². The second-order valence-corrected chi connectivity index (χ2v) is 6.39. The maximum Gasteiger partial charge on any atom is 0.237 e. The Morgan fingerprint density at radius 1 is 1.20 bits per heavy atom. The van der Waals surface area contributed by atoms with Crippen molar-refractivity contribution in [2.45, 2.75) is 63.3 Å². The molecular formula is C14H25N5O. The van der Waals surface area contributed by atoms with Gasteiger partial charge in [0.1, 0.15) is 0 Å². The lowest BCUT2D eigenvalue weighted by Gasteiger charge is -2.44. The van der Waals surface area contributed by atoms with Gasteiger partial charge < -0.3 is 11.1 Å². The molecule has 0 heterocycles. The van der Waals surface area contributed by atoms with Crippen molar-refractivity contribution in [3.63, 3.8) is 0 Å². The van der Waals surface area contributed by atoms with Crippen LogP contribution in [-0.2, 0) is 4.79 Å². The molecule has 0 aliphatic heterocycles. The van der Waals surface area contributed by atoms with Crippen LogP contribution in [0.15, 0.2) is 5.11 Å². The summed E-state index contributed by atoms with van der Waals surface area (Å²) in [6.45, 7) is 1.14. The van der Waals surface area contributed by atoms with E-state index in [1.807, 2.05) is 0 Å². The second-order valence-electron chi connectivity index (χ2n) is 6.39. The average molecular weight is 279 g/mol. The molecule has 0 aromatic heterocycles. The third-order valence-electron chi connectivity index (χ3n) is 5.26. The fraction of sp³-hybridized carbons (Fsp3) is 0.929. The molecule has 1 amide bonds. The highest BCUT2D eigenvalue weighted by Crippen LogP contribution is 2.51. The van der Waals surface area contributed by atoms with Crippen LogP contribution >= 0.6 is 0 Å². The van der Waals surface area contributed by atoms with Crippen LogP contribution in [0.2, 0.25) is 0 Å². The normalized spacial score (nSPS) is 23.4. The van der Waals surface area contributed by atoms with Crippen LogP contribution in [0.3, 0.4) is 0 Å². The molecule has 2 saturated carbocycles. The molecule has 2 aliphatic carbocycles. The minimum atomic E-state index is -0.538. The van der Waals surface area contributed by atoms with Gasteiger partial charge in [-0.05, 0) is 62.4 Å². The van der Waals surface area contributed by atoms with Crippen LogP contribution in [-0.4, -0.2) is 24.5 Å². The van der Waals surface area contributed by atoms with Crippen molar-refractivity contribution in [2.75, 3.05) is 13.1 Å². The summed E-state index contributed by atoms with van der Waals surface area (Å²) in [4.78, 5) is 14.6. The quantitative estimate of drug-likeness (QED) is 0.338. The molecule has 0 aromatic carbocycles. The van der Waals surface area contributed by atoms with Crippen LogP contribution in [0.25, 0.3) is 10.4 Å². The first-order chi connectivity index (χ1) is 9.63. The van der Waals surface area contributed by atoms with E-state index in [2.05, 4.69) is 15.3 Å². The molecule has 2 rings (SSSR count). The lowest BCUT2D eigenvalue weighted by atomic mass is 9.66. The summed E-state index contributed by atoms with van der Waals surface area (Å²) in [6, 6.07) is 0. The molecule has 6 heteroatoms. The zero-order valence-corrected chi connectivity index (χ0v) is 12.1. The second kappa shape index (κ2) is 6.46. The maximum absolute atomic E-state index is 11.9. The fourth-order valence-electron chi connectivity index (χ4n) is 3.86. The number of nitrogens with two attached hydrogens (primary N) is 1. The van der Waals surface area contributed by atoms with E-state index in [0.29, 0.717) is 18.5 Å². The Balaban J connectivity index is 1.87. The number of carbonyl (C=O) groups is 1. The zero-order chi connectivity index (χ0) is 14.5. The van der Waals surface area contributed by atoms with Gasteiger partial charge in [-0.25, -0.2) is 0 Å². The van der Waals surface area contributed by atoms with E-state index in [0.717, 1.165) is 32.1 Å². The Morgan fingerprint density at radius 3 is 2.40 bits per heavy atom. The number of amides is 1. The van der Waals surface area contributed by atoms with E-state index >= 15 is 0 Å². The number of rotatable bonds is 6. The first-order valence-corrected chi connectivity index (χ1v) is 7.68. The first-order valence-electron chi connectivity index (χ1n) is 7.68. The molecule has 0 atom stereocenters. The van der Waals surface area contributed by atoms with Crippen molar-refractivity contribution >= 4 is 5.91 Å². The minimum Gasteiger partial charge on any atom is -0.368 e. The Labute approximate surface area is 120 Å². The smallest absolute Gasteiger partial charge is 0.237 e. The molecule has 0 bridgehead atoms. The number of nitrogens with one attached hydrogen (secondary N) is 1. The number of primary amides is 1. The summed E-state index contributed by atoms with van der Waals surface area (Å²) in [6.07, 6.45) is 9.97. The van der Waals surface area contributed by atoms with E-state index in [4.69, 9.17) is 11.3 Å². The fourth-order valence-corrected chi connectivity index (χ4v) is 3.86. The highest BCUT2D eigenvalue weighted by Gasteiger charge is 2.46. The van der Waals surface area contributed by atoms with Gasteiger partial charge in [-0.15, -0.1) is 0 Å². The molecule has 112 valence electrons. The number of hydrogen-bond acceptors (Lipinski definition) is 3. The van der Waals surface area contributed by atoms with Crippen molar-refractivity contribution in [1.82, 2.24) is 5.32 Å². The van der Waals surface area contributed by atoms with E-state index in [1.165, 1.54) is 25.7 Å². The van der Waals surface area contributed by atoms with Gasteiger partial charge in [0.05, 0.1) is 5.54 Å². The average Bonchev–Trinajstić information content (AvgIpc) is 2.89. The van der Waals surface area contributed by atoms with Crippen molar-refractivity contribution in [2.24, 2.45) is 16.3 Å². The predicted molar refractivity (Wildman–Crippen MR) is 77.9 cm³/mol. The third kappa shape index (κ3) is 3.25. The highest BCUT2D eigenvalue weighted by molar-refractivity contribution is 5.84. The summed E-state index contributed by atoms with van der Waals surface area (Å²) in [5.74, 6) is -0.228. The SMILES string of the molecule is [N-]=[N+]=NCCCNC1(C(N)=O)CCC2(CCCC2)CC1. The maximum atomic E-state index is 11.9. The molecular weight excluding hydrogens is 254 g/mol. The Morgan fingerprint density at radius 2 is 1.85 bits per heavy atom. The Kier molecular flexibility index (Phi) is 4.89. The van der Waals surface area contributed by atoms with Crippen molar-refractivity contribution in [1.29, 1.82) is 0 Å². The predicted octanol–water partition coefficient (Wildman–Crippen LogP) is 2.63. The summed E-state index contributed by atoms with van der Waals surface area (Å²) in [5, 5.41) is 6.85. The number of hydrogen-bond donors (Lipinski definition) is 2. The van der Waals surface area contributed by atoms with E-state index in [9.17, 15) is 4.79 Å². The monoisotopic (exact) mass is 279 g/mol. The largest absolute Gasteiger partial charge is 0.368 e. The van der Waals surface area contributed by atoms with Gasteiger partial charge in [-0.2, -0.15) is 0 Å². The number of nitrogens with zero attached hydrogens (tertiary/aromatic N) is 3. The van der Waals surface area contributed by atoms with Gasteiger partial charge in [0.2, 0.25) is 5.91 Å². The Bertz CT molecular complexity index is 386. The van der Waals surface area contributed by atoms with Gasteiger partial charge in [0.25, 0.3) is 0 Å². The van der Waals surface area contributed by atoms with Gasteiger partial charge >= 0.3 is 0 Å². The van der Waals surface area contributed by atoms with Gasteiger partial charge in [0.15, 0.2) is 0 Å². The Hall–Kier alpha value is -1.26. The number of carbonyl (C=O) groups excluding carboxylic acids is 1. The molecule has 20 heavy (non-hydrogen) atoms. The molecule has 1 spiro atoms. The van der Waals surface area contributed by atoms with Crippen LogP contribution in [0, 0.1) is 5.41 Å². The van der Waals surface area contributed by atoms with Crippen molar-refractivity contribution in [3.8, 4) is 0 Å². The van der Waals surface area contributed by atoms with Gasteiger partial charge in [0, 0.05) is 11.5 Å². The lowest BCUT2D eigenvalue weighted by molar-refractivity contribution is -0.126. The van der Waals surface area contributed by atoms with Crippen LogP contribution in [0.5, 0.6) is 0 Å². The minimum absolute atomic E-state index is 0.228. The summed E-state index contributed by atoms with van der Waals surface area (Å²) in [5.41, 5.74) is 13.8. The van der Waals surface area contributed by atoms with E-state index < -0.39 is 5.54 Å². The molecule has 0 radical (unpaired) electrons. The topological polar surface area (TPSA) is 104 Å². The van der Waals surface area contributed by atoms with E-state index in [-0.39, 0.29) is 5.91 Å². The summed E-state index contributed by atoms with van der Waals surface area (Å²) < 4.78 is 0. The third-order valence-corrected chi connectivity index (χ3v) is 5.26. The molecule has 0 aromatic rings. The van der Waals surface area contributed by atoms with Gasteiger partial charge in [-0.1, -0.05) is 18.0 Å². The molecule has 0 saturated heterocycles. The summed E-state index contributed by atoms with van der Waals surface area (Å²) >= 11 is 0.